The third-order valence-electron chi connectivity index (χ3n) is 4.89. The van der Waals surface area contributed by atoms with Gasteiger partial charge in [0.05, 0.1) is 34.1 Å². The van der Waals surface area contributed by atoms with E-state index in [-0.39, 0.29) is 0 Å². The van der Waals surface area contributed by atoms with Crippen LogP contribution in [0.25, 0.3) is 28.2 Å². The molecular weight excluding hydrogens is 384 g/mol. The maximum atomic E-state index is 6.07. The number of ether oxygens (including phenoxy) is 4. The Balaban J connectivity index is 1.85. The molecule has 0 bridgehead atoms. The Morgan fingerprint density at radius 3 is 1.97 bits per heavy atom. The van der Waals surface area contributed by atoms with Crippen molar-refractivity contribution in [2.45, 2.75) is 0 Å². The number of methoxy groups -OCH3 is 4. The third-order valence-corrected chi connectivity index (χ3v) is 4.89. The number of fused-ring (bicyclic) bond motifs is 1. The summed E-state index contributed by atoms with van der Waals surface area (Å²) in [7, 11) is 6.35. The first-order valence-electron chi connectivity index (χ1n) is 9.18. The van der Waals surface area contributed by atoms with Crippen molar-refractivity contribution < 1.29 is 18.9 Å². The average Bonchev–Trinajstić information content (AvgIpc) is 3.21. The molecule has 0 aliphatic heterocycles. The predicted octanol–water partition coefficient (Wildman–Crippen LogP) is 3.68. The van der Waals surface area contributed by atoms with Gasteiger partial charge < -0.3 is 24.7 Å². The molecule has 0 spiro atoms. The molecule has 154 valence electrons. The van der Waals surface area contributed by atoms with Crippen LogP contribution in [0, 0.1) is 0 Å². The lowest BCUT2D eigenvalue weighted by atomic mass is 10.1. The molecule has 0 saturated heterocycles. The molecule has 2 aromatic carbocycles. The Morgan fingerprint density at radius 2 is 1.37 bits per heavy atom. The molecule has 0 aliphatic carbocycles. The SMILES string of the molecule is COc1ccc(-c2nnc3ccc(-c4cc(OC)c(OC)c(OC)c4)cn23)cc1N. The van der Waals surface area contributed by atoms with Gasteiger partial charge in [-0.05, 0) is 53.6 Å². The lowest BCUT2D eigenvalue weighted by molar-refractivity contribution is 0.324. The molecule has 0 fully saturated rings. The van der Waals surface area contributed by atoms with Crippen LogP contribution < -0.4 is 24.7 Å². The van der Waals surface area contributed by atoms with E-state index in [0.717, 1.165) is 22.3 Å². The van der Waals surface area contributed by atoms with E-state index in [4.69, 9.17) is 24.7 Å². The van der Waals surface area contributed by atoms with Crippen LogP contribution in [-0.4, -0.2) is 43.0 Å². The lowest BCUT2D eigenvalue weighted by Gasteiger charge is -2.14. The number of rotatable bonds is 6. The standard InChI is InChI=1S/C22H22N4O4/c1-27-17-7-5-13(9-16(17)23)22-25-24-20-8-6-14(12-26(20)22)15-10-18(28-2)21(30-4)19(11-15)29-3/h5-12H,23H2,1-4H3. The first-order valence-corrected chi connectivity index (χ1v) is 9.18. The van der Waals surface area contributed by atoms with Crippen LogP contribution in [0.5, 0.6) is 23.0 Å². The summed E-state index contributed by atoms with van der Waals surface area (Å²) in [4.78, 5) is 0. The molecule has 0 saturated carbocycles. The molecule has 2 heterocycles. The van der Waals surface area contributed by atoms with Crippen molar-refractivity contribution >= 4 is 11.3 Å². The van der Waals surface area contributed by atoms with Gasteiger partial charge in [-0.2, -0.15) is 0 Å². The molecular formula is C22H22N4O4. The minimum atomic E-state index is 0.535. The molecule has 30 heavy (non-hydrogen) atoms. The fraction of sp³-hybridized carbons (Fsp3) is 0.182. The van der Waals surface area contributed by atoms with Crippen LogP contribution >= 0.6 is 0 Å². The van der Waals surface area contributed by atoms with Crippen molar-refractivity contribution in [1.29, 1.82) is 0 Å². The number of nitrogens with two attached hydrogens (primary N) is 1. The van der Waals surface area contributed by atoms with Crippen molar-refractivity contribution in [1.82, 2.24) is 14.6 Å². The van der Waals surface area contributed by atoms with Crippen LogP contribution in [0.15, 0.2) is 48.7 Å². The van der Waals surface area contributed by atoms with E-state index in [0.29, 0.717) is 34.5 Å². The van der Waals surface area contributed by atoms with Gasteiger partial charge in [0.1, 0.15) is 5.75 Å². The van der Waals surface area contributed by atoms with E-state index in [1.54, 1.807) is 28.4 Å². The Hall–Kier alpha value is -3.94. The smallest absolute Gasteiger partial charge is 0.203 e. The quantitative estimate of drug-likeness (QED) is 0.488. The van der Waals surface area contributed by atoms with Crippen molar-refractivity contribution in [2.75, 3.05) is 34.2 Å². The second-order valence-corrected chi connectivity index (χ2v) is 6.54. The van der Waals surface area contributed by atoms with Crippen molar-refractivity contribution in [3.05, 3.63) is 48.7 Å². The van der Waals surface area contributed by atoms with Gasteiger partial charge in [-0.3, -0.25) is 4.40 Å². The molecule has 0 amide bonds. The van der Waals surface area contributed by atoms with Crippen LogP contribution in [0.2, 0.25) is 0 Å². The minimum absolute atomic E-state index is 0.535. The summed E-state index contributed by atoms with van der Waals surface area (Å²) in [6.07, 6.45) is 1.96. The Bertz CT molecular complexity index is 1190. The third kappa shape index (κ3) is 3.22. The van der Waals surface area contributed by atoms with Gasteiger partial charge in [-0.1, -0.05) is 0 Å². The topological polar surface area (TPSA) is 93.1 Å². The van der Waals surface area contributed by atoms with Gasteiger partial charge in [0.15, 0.2) is 23.0 Å². The Morgan fingerprint density at radius 1 is 0.700 bits per heavy atom. The number of benzene rings is 2. The zero-order chi connectivity index (χ0) is 21.3. The predicted molar refractivity (Wildman–Crippen MR) is 114 cm³/mol. The minimum Gasteiger partial charge on any atom is -0.495 e. The summed E-state index contributed by atoms with van der Waals surface area (Å²) >= 11 is 0. The second-order valence-electron chi connectivity index (χ2n) is 6.54. The normalized spacial score (nSPS) is 10.8. The molecule has 2 aromatic heterocycles. The number of hydrogen-bond donors (Lipinski definition) is 1. The van der Waals surface area contributed by atoms with E-state index in [1.165, 1.54) is 0 Å². The van der Waals surface area contributed by atoms with E-state index in [1.807, 2.05) is 53.1 Å². The molecule has 0 unspecified atom stereocenters. The van der Waals surface area contributed by atoms with Crippen LogP contribution in [0.1, 0.15) is 0 Å². The number of nitrogens with zero attached hydrogens (tertiary/aromatic N) is 3. The van der Waals surface area contributed by atoms with Gasteiger partial charge in [0, 0.05) is 11.8 Å². The fourth-order valence-electron chi connectivity index (χ4n) is 3.38. The zero-order valence-corrected chi connectivity index (χ0v) is 17.2. The number of anilines is 1. The fourth-order valence-corrected chi connectivity index (χ4v) is 3.38. The van der Waals surface area contributed by atoms with E-state index < -0.39 is 0 Å². The van der Waals surface area contributed by atoms with E-state index in [2.05, 4.69) is 10.2 Å². The summed E-state index contributed by atoms with van der Waals surface area (Å²) in [5.41, 5.74) is 10.00. The highest BCUT2D eigenvalue weighted by molar-refractivity contribution is 5.73. The number of nitrogen functional groups attached to an aromatic ring is 1. The van der Waals surface area contributed by atoms with Crippen molar-refractivity contribution in [3.63, 3.8) is 0 Å². The summed E-state index contributed by atoms with van der Waals surface area (Å²) in [5, 5.41) is 8.61. The van der Waals surface area contributed by atoms with Gasteiger partial charge in [0.25, 0.3) is 0 Å². The largest absolute Gasteiger partial charge is 0.495 e. The molecule has 8 heteroatoms. The summed E-state index contributed by atoms with van der Waals surface area (Å²) in [5.74, 6) is 3.00. The second kappa shape index (κ2) is 7.82. The number of hydrogen-bond acceptors (Lipinski definition) is 7. The Labute approximate surface area is 173 Å². The number of pyridine rings is 1. The summed E-state index contributed by atoms with van der Waals surface area (Å²) in [6.45, 7) is 0. The molecule has 4 rings (SSSR count). The molecule has 4 aromatic rings. The number of aromatic nitrogens is 3. The first-order chi connectivity index (χ1) is 14.6. The van der Waals surface area contributed by atoms with Crippen LogP contribution in [0.4, 0.5) is 5.69 Å². The first kappa shape index (κ1) is 19.4. The van der Waals surface area contributed by atoms with Gasteiger partial charge >= 0.3 is 0 Å². The van der Waals surface area contributed by atoms with Crippen LogP contribution in [-0.2, 0) is 0 Å². The van der Waals surface area contributed by atoms with Crippen LogP contribution in [0.3, 0.4) is 0 Å². The van der Waals surface area contributed by atoms with Gasteiger partial charge in [-0.25, -0.2) is 0 Å². The van der Waals surface area contributed by atoms with Crippen molar-refractivity contribution in [3.8, 4) is 45.5 Å². The zero-order valence-electron chi connectivity index (χ0n) is 17.2. The highest BCUT2D eigenvalue weighted by Gasteiger charge is 2.16. The monoisotopic (exact) mass is 406 g/mol. The summed E-state index contributed by atoms with van der Waals surface area (Å²) in [6, 6.07) is 13.2. The maximum absolute atomic E-state index is 6.07. The maximum Gasteiger partial charge on any atom is 0.203 e. The molecule has 0 atom stereocenters. The Kier molecular flexibility index (Phi) is 5.05. The van der Waals surface area contributed by atoms with Crippen molar-refractivity contribution in [2.24, 2.45) is 0 Å². The van der Waals surface area contributed by atoms with Gasteiger partial charge in [0.2, 0.25) is 5.75 Å². The molecule has 0 radical (unpaired) electrons. The summed E-state index contributed by atoms with van der Waals surface area (Å²) < 4.78 is 23.5. The van der Waals surface area contributed by atoms with E-state index >= 15 is 0 Å². The molecule has 8 nitrogen and oxygen atoms in total. The van der Waals surface area contributed by atoms with E-state index in [9.17, 15) is 0 Å². The average molecular weight is 406 g/mol. The molecule has 2 N–H and O–H groups in total. The highest BCUT2D eigenvalue weighted by atomic mass is 16.5. The van der Waals surface area contributed by atoms with Gasteiger partial charge in [-0.15, -0.1) is 10.2 Å². The lowest BCUT2D eigenvalue weighted by Crippen LogP contribution is -1.97. The highest BCUT2D eigenvalue weighted by Crippen LogP contribution is 2.41. The molecule has 0 aliphatic rings.